The zero-order valence-corrected chi connectivity index (χ0v) is 15.3. The van der Waals surface area contributed by atoms with Crippen molar-refractivity contribution in [3.05, 3.63) is 47.3 Å². The molecule has 1 aromatic carbocycles. The molecule has 1 N–H and O–H groups in total. The second kappa shape index (κ2) is 7.00. The molecule has 2 heterocycles. The molecule has 1 saturated heterocycles. The lowest BCUT2D eigenvalue weighted by atomic mass is 10.1. The highest BCUT2D eigenvalue weighted by Gasteiger charge is 2.28. The van der Waals surface area contributed by atoms with Crippen LogP contribution in [0.5, 0.6) is 0 Å². The zero-order valence-electron chi connectivity index (χ0n) is 14.5. The lowest BCUT2D eigenvalue weighted by Gasteiger charge is -2.10. The normalized spacial score (nSPS) is 19.0. The molecule has 1 aromatic heterocycles. The third-order valence-corrected chi connectivity index (χ3v) is 6.53. The maximum atomic E-state index is 12.3. The van der Waals surface area contributed by atoms with Crippen molar-refractivity contribution in [2.75, 3.05) is 18.1 Å². The molecular weight excluding hydrogens is 338 g/mol. The SMILES string of the molecule is Cc1nn(-c2ccccc2)c(C)c1CC(=O)NCC1CCS(=O)(=O)C1. The Morgan fingerprint density at radius 3 is 2.64 bits per heavy atom. The van der Waals surface area contributed by atoms with Gasteiger partial charge in [-0.05, 0) is 38.3 Å². The molecule has 1 unspecified atom stereocenters. The van der Waals surface area contributed by atoms with Crippen LogP contribution in [-0.4, -0.2) is 42.2 Å². The van der Waals surface area contributed by atoms with Crippen LogP contribution in [0.15, 0.2) is 30.3 Å². The van der Waals surface area contributed by atoms with Gasteiger partial charge in [0, 0.05) is 17.8 Å². The maximum Gasteiger partial charge on any atom is 0.224 e. The van der Waals surface area contributed by atoms with E-state index in [4.69, 9.17) is 0 Å². The summed E-state index contributed by atoms with van der Waals surface area (Å²) in [7, 11) is -2.91. The number of nitrogens with one attached hydrogen (secondary N) is 1. The highest BCUT2D eigenvalue weighted by molar-refractivity contribution is 7.91. The molecule has 0 aliphatic carbocycles. The van der Waals surface area contributed by atoms with Gasteiger partial charge in [0.2, 0.25) is 5.91 Å². The smallest absolute Gasteiger partial charge is 0.224 e. The molecule has 0 radical (unpaired) electrons. The van der Waals surface area contributed by atoms with E-state index in [9.17, 15) is 13.2 Å². The Balaban J connectivity index is 1.65. The second-order valence-electron chi connectivity index (χ2n) is 6.65. The zero-order chi connectivity index (χ0) is 18.0. The second-order valence-corrected chi connectivity index (χ2v) is 8.88. The van der Waals surface area contributed by atoms with Crippen LogP contribution in [0.25, 0.3) is 5.69 Å². The molecular formula is C18H23N3O3S. The molecule has 7 heteroatoms. The molecule has 1 fully saturated rings. The molecule has 1 atom stereocenters. The van der Waals surface area contributed by atoms with Crippen LogP contribution in [0.4, 0.5) is 0 Å². The average Bonchev–Trinajstić information content (AvgIpc) is 3.07. The number of rotatable bonds is 5. The van der Waals surface area contributed by atoms with Gasteiger partial charge in [-0.1, -0.05) is 18.2 Å². The number of amides is 1. The Kier molecular flexibility index (Phi) is 4.94. The van der Waals surface area contributed by atoms with Crippen molar-refractivity contribution in [1.82, 2.24) is 15.1 Å². The fraction of sp³-hybridized carbons (Fsp3) is 0.444. The highest BCUT2D eigenvalue weighted by Crippen LogP contribution is 2.19. The Morgan fingerprint density at radius 2 is 2.00 bits per heavy atom. The first-order valence-corrected chi connectivity index (χ1v) is 10.3. The molecule has 0 bridgehead atoms. The summed E-state index contributed by atoms with van der Waals surface area (Å²) in [6, 6.07) is 9.81. The Morgan fingerprint density at radius 1 is 1.28 bits per heavy atom. The summed E-state index contributed by atoms with van der Waals surface area (Å²) in [5, 5.41) is 7.42. The Labute approximate surface area is 148 Å². The highest BCUT2D eigenvalue weighted by atomic mass is 32.2. The van der Waals surface area contributed by atoms with Crippen LogP contribution in [-0.2, 0) is 21.1 Å². The third kappa shape index (κ3) is 4.10. The summed E-state index contributed by atoms with van der Waals surface area (Å²) in [5.41, 5.74) is 3.66. The van der Waals surface area contributed by atoms with Crippen molar-refractivity contribution in [1.29, 1.82) is 0 Å². The minimum Gasteiger partial charge on any atom is -0.356 e. The van der Waals surface area contributed by atoms with Crippen LogP contribution in [0, 0.1) is 19.8 Å². The minimum atomic E-state index is -2.91. The Bertz CT molecular complexity index is 872. The number of sulfone groups is 1. The van der Waals surface area contributed by atoms with Crippen molar-refractivity contribution < 1.29 is 13.2 Å². The number of hydrogen-bond acceptors (Lipinski definition) is 4. The number of benzene rings is 1. The summed E-state index contributed by atoms with van der Waals surface area (Å²) >= 11 is 0. The van der Waals surface area contributed by atoms with Crippen molar-refractivity contribution in [3.8, 4) is 5.69 Å². The number of hydrogen-bond donors (Lipinski definition) is 1. The van der Waals surface area contributed by atoms with E-state index in [1.807, 2.05) is 48.9 Å². The van der Waals surface area contributed by atoms with E-state index in [1.165, 1.54) is 0 Å². The molecule has 0 spiro atoms. The van der Waals surface area contributed by atoms with Gasteiger partial charge in [0.25, 0.3) is 0 Å². The van der Waals surface area contributed by atoms with E-state index < -0.39 is 9.84 Å². The van der Waals surface area contributed by atoms with Crippen LogP contribution in [0.2, 0.25) is 0 Å². The van der Waals surface area contributed by atoms with Gasteiger partial charge in [0.15, 0.2) is 9.84 Å². The van der Waals surface area contributed by atoms with E-state index in [0.717, 1.165) is 22.6 Å². The number of nitrogens with zero attached hydrogens (tertiary/aromatic N) is 2. The Hall–Kier alpha value is -2.15. The monoisotopic (exact) mass is 361 g/mol. The summed E-state index contributed by atoms with van der Waals surface area (Å²) in [4.78, 5) is 12.3. The van der Waals surface area contributed by atoms with Gasteiger partial charge in [-0.25, -0.2) is 13.1 Å². The number of aryl methyl sites for hydroxylation is 1. The van der Waals surface area contributed by atoms with Crippen molar-refractivity contribution >= 4 is 15.7 Å². The molecule has 134 valence electrons. The van der Waals surface area contributed by atoms with Crippen LogP contribution in [0.3, 0.4) is 0 Å². The molecule has 25 heavy (non-hydrogen) atoms. The van der Waals surface area contributed by atoms with E-state index in [1.54, 1.807) is 0 Å². The van der Waals surface area contributed by atoms with E-state index >= 15 is 0 Å². The predicted octanol–water partition coefficient (Wildman–Crippen LogP) is 1.58. The molecule has 1 amide bonds. The average molecular weight is 361 g/mol. The van der Waals surface area contributed by atoms with E-state index in [-0.39, 0.29) is 29.8 Å². The topological polar surface area (TPSA) is 81.1 Å². The van der Waals surface area contributed by atoms with E-state index in [2.05, 4.69) is 10.4 Å². The van der Waals surface area contributed by atoms with Gasteiger partial charge in [0.1, 0.15) is 0 Å². The summed E-state index contributed by atoms with van der Waals surface area (Å²) in [5.74, 6) is 0.346. The van der Waals surface area contributed by atoms with Crippen molar-refractivity contribution in [2.24, 2.45) is 5.92 Å². The fourth-order valence-electron chi connectivity index (χ4n) is 3.27. The molecule has 6 nitrogen and oxygen atoms in total. The third-order valence-electron chi connectivity index (χ3n) is 4.69. The summed E-state index contributed by atoms with van der Waals surface area (Å²) in [6.45, 7) is 4.28. The molecule has 3 rings (SSSR count). The molecule has 2 aromatic rings. The minimum absolute atomic E-state index is 0.0307. The van der Waals surface area contributed by atoms with Gasteiger partial charge in [-0.3, -0.25) is 4.79 Å². The van der Waals surface area contributed by atoms with Gasteiger partial charge < -0.3 is 5.32 Å². The van der Waals surface area contributed by atoms with Gasteiger partial charge in [0.05, 0.1) is 29.3 Å². The van der Waals surface area contributed by atoms with Crippen molar-refractivity contribution in [3.63, 3.8) is 0 Å². The number of para-hydroxylation sites is 1. The first kappa shape index (κ1) is 17.7. The van der Waals surface area contributed by atoms with E-state index in [0.29, 0.717) is 13.0 Å². The molecule has 1 aliphatic heterocycles. The van der Waals surface area contributed by atoms with Crippen LogP contribution < -0.4 is 5.32 Å². The maximum absolute atomic E-state index is 12.3. The first-order valence-electron chi connectivity index (χ1n) is 8.43. The quantitative estimate of drug-likeness (QED) is 0.877. The standard InChI is InChI=1S/C18H23N3O3S/c1-13-17(14(2)21(20-13)16-6-4-3-5-7-16)10-18(22)19-11-15-8-9-25(23,24)12-15/h3-7,15H,8-12H2,1-2H3,(H,19,22). The summed E-state index contributed by atoms with van der Waals surface area (Å²) < 4.78 is 24.8. The molecule has 1 aliphatic rings. The lowest BCUT2D eigenvalue weighted by molar-refractivity contribution is -0.120. The first-order chi connectivity index (χ1) is 11.9. The van der Waals surface area contributed by atoms with Crippen LogP contribution >= 0.6 is 0 Å². The van der Waals surface area contributed by atoms with Crippen molar-refractivity contribution in [2.45, 2.75) is 26.7 Å². The lowest BCUT2D eigenvalue weighted by Crippen LogP contribution is -2.31. The fourth-order valence-corrected chi connectivity index (χ4v) is 5.13. The van der Waals surface area contributed by atoms with Crippen LogP contribution in [0.1, 0.15) is 23.4 Å². The summed E-state index contributed by atoms with van der Waals surface area (Å²) in [6.07, 6.45) is 0.885. The number of aromatic nitrogens is 2. The van der Waals surface area contributed by atoms with Gasteiger partial charge in [-0.15, -0.1) is 0 Å². The largest absolute Gasteiger partial charge is 0.356 e. The number of carbonyl (C=O) groups is 1. The predicted molar refractivity (Wildman–Crippen MR) is 96.5 cm³/mol. The molecule has 0 saturated carbocycles. The number of carbonyl (C=O) groups excluding carboxylic acids is 1. The van der Waals surface area contributed by atoms with Gasteiger partial charge in [-0.2, -0.15) is 5.10 Å². The van der Waals surface area contributed by atoms with Gasteiger partial charge >= 0.3 is 0 Å².